The summed E-state index contributed by atoms with van der Waals surface area (Å²) in [5.74, 6) is 0.734. The van der Waals surface area contributed by atoms with Crippen LogP contribution in [-0.4, -0.2) is 34.2 Å². The van der Waals surface area contributed by atoms with Crippen LogP contribution >= 0.6 is 11.3 Å². The van der Waals surface area contributed by atoms with Gasteiger partial charge in [-0.3, -0.25) is 9.59 Å². The fourth-order valence-electron chi connectivity index (χ4n) is 3.74. The van der Waals surface area contributed by atoms with Gasteiger partial charge in [0.25, 0.3) is 5.91 Å². The number of amides is 2. The molecule has 0 aliphatic carbocycles. The minimum atomic E-state index is -0.672. The van der Waals surface area contributed by atoms with E-state index in [1.165, 1.54) is 11.3 Å². The van der Waals surface area contributed by atoms with E-state index in [-0.39, 0.29) is 24.5 Å². The molecule has 0 saturated carbocycles. The van der Waals surface area contributed by atoms with E-state index in [0.29, 0.717) is 23.6 Å². The Labute approximate surface area is 200 Å². The maximum atomic E-state index is 13.0. The molecule has 2 amide bonds. The molecule has 3 heterocycles. The second-order valence-electron chi connectivity index (χ2n) is 8.37. The fourth-order valence-corrected chi connectivity index (χ4v) is 4.71. The van der Waals surface area contributed by atoms with Crippen molar-refractivity contribution in [1.82, 2.24) is 20.2 Å². The minimum Gasteiger partial charge on any atom is -0.454 e. The van der Waals surface area contributed by atoms with Crippen molar-refractivity contribution in [2.45, 2.75) is 26.4 Å². The predicted octanol–water partition coefficient (Wildman–Crippen LogP) is 3.89. The Morgan fingerprint density at radius 1 is 1.09 bits per heavy atom. The highest BCUT2D eigenvalue weighted by molar-refractivity contribution is 7.20. The van der Waals surface area contributed by atoms with Gasteiger partial charge in [0.05, 0.1) is 10.2 Å². The molecule has 4 aromatic rings. The van der Waals surface area contributed by atoms with Crippen LogP contribution in [0.15, 0.2) is 60.9 Å². The molecule has 1 atom stereocenters. The van der Waals surface area contributed by atoms with E-state index in [2.05, 4.69) is 15.6 Å². The van der Waals surface area contributed by atoms with E-state index in [1.54, 1.807) is 6.07 Å². The molecule has 34 heavy (non-hydrogen) atoms. The number of rotatable bonds is 7. The topological polar surface area (TPSA) is 94.5 Å². The van der Waals surface area contributed by atoms with Crippen molar-refractivity contribution in [1.29, 1.82) is 0 Å². The van der Waals surface area contributed by atoms with Crippen LogP contribution in [0, 0.1) is 5.92 Å². The number of aromatic nitrogens is 2. The SMILES string of the molecule is CC(C)C(NC(=O)c1ccc2nc(-n3cccc3)sc2c1)C(=O)NCc1ccc2c(c1)OCO2. The smallest absolute Gasteiger partial charge is 0.251 e. The van der Waals surface area contributed by atoms with Crippen molar-refractivity contribution in [3.8, 4) is 16.6 Å². The van der Waals surface area contributed by atoms with Crippen LogP contribution in [0.3, 0.4) is 0 Å². The molecule has 8 nitrogen and oxygen atoms in total. The molecule has 5 rings (SSSR count). The first kappa shape index (κ1) is 22.0. The summed E-state index contributed by atoms with van der Waals surface area (Å²) in [4.78, 5) is 30.5. The van der Waals surface area contributed by atoms with Crippen molar-refractivity contribution >= 4 is 33.4 Å². The van der Waals surface area contributed by atoms with Crippen LogP contribution in [0.5, 0.6) is 11.5 Å². The van der Waals surface area contributed by atoms with E-state index in [9.17, 15) is 9.59 Å². The highest BCUT2D eigenvalue weighted by Crippen LogP contribution is 2.32. The van der Waals surface area contributed by atoms with Gasteiger partial charge >= 0.3 is 0 Å². The Bertz CT molecular complexity index is 1350. The minimum absolute atomic E-state index is 0.0896. The molecule has 174 valence electrons. The number of carbonyl (C=O) groups is 2. The molecule has 0 saturated heterocycles. The van der Waals surface area contributed by atoms with Crippen molar-refractivity contribution in [2.24, 2.45) is 5.92 Å². The molecular weight excluding hydrogens is 452 g/mol. The summed E-state index contributed by atoms with van der Waals surface area (Å²) >= 11 is 1.51. The maximum absolute atomic E-state index is 13.0. The number of ether oxygens (including phenoxy) is 2. The largest absolute Gasteiger partial charge is 0.454 e. The molecule has 0 bridgehead atoms. The number of benzene rings is 2. The first-order valence-corrected chi connectivity index (χ1v) is 11.8. The van der Waals surface area contributed by atoms with E-state index < -0.39 is 6.04 Å². The van der Waals surface area contributed by atoms with Gasteiger partial charge in [-0.1, -0.05) is 31.3 Å². The summed E-state index contributed by atoms with van der Waals surface area (Å²) in [6.07, 6.45) is 3.86. The summed E-state index contributed by atoms with van der Waals surface area (Å²) < 4.78 is 13.6. The second kappa shape index (κ2) is 9.18. The van der Waals surface area contributed by atoms with Crippen molar-refractivity contribution in [3.63, 3.8) is 0 Å². The molecule has 2 aromatic carbocycles. The zero-order valence-corrected chi connectivity index (χ0v) is 19.6. The quantitative estimate of drug-likeness (QED) is 0.422. The third-order valence-electron chi connectivity index (χ3n) is 5.60. The predicted molar refractivity (Wildman–Crippen MR) is 129 cm³/mol. The number of thiazole rings is 1. The average molecular weight is 477 g/mol. The Morgan fingerprint density at radius 3 is 2.68 bits per heavy atom. The zero-order valence-electron chi connectivity index (χ0n) is 18.8. The Hall–Kier alpha value is -3.85. The van der Waals surface area contributed by atoms with Crippen LogP contribution in [0.1, 0.15) is 29.8 Å². The first-order chi connectivity index (χ1) is 16.5. The van der Waals surface area contributed by atoms with E-state index in [4.69, 9.17) is 9.47 Å². The number of hydrogen-bond acceptors (Lipinski definition) is 6. The molecular formula is C25H24N4O4S. The van der Waals surface area contributed by atoms with E-state index in [0.717, 1.165) is 20.9 Å². The second-order valence-corrected chi connectivity index (χ2v) is 9.38. The standard InChI is InChI=1S/C25H24N4O4S/c1-15(2)22(24(31)26-13-16-5-8-19-20(11-16)33-14-32-19)28-23(30)17-6-7-18-21(12-17)34-25(27-18)29-9-3-4-10-29/h3-12,15,22H,13-14H2,1-2H3,(H,26,31)(H,28,30). The Morgan fingerprint density at radius 2 is 1.88 bits per heavy atom. The lowest BCUT2D eigenvalue weighted by molar-refractivity contribution is -0.124. The molecule has 0 radical (unpaired) electrons. The van der Waals surface area contributed by atoms with Crippen LogP contribution < -0.4 is 20.1 Å². The lowest BCUT2D eigenvalue weighted by atomic mass is 10.0. The highest BCUT2D eigenvalue weighted by atomic mass is 32.1. The summed E-state index contributed by atoms with van der Waals surface area (Å²) in [5, 5.41) is 6.64. The molecule has 0 fully saturated rings. The molecule has 1 unspecified atom stereocenters. The normalized spacial score (nSPS) is 13.3. The number of nitrogens with zero attached hydrogens (tertiary/aromatic N) is 2. The summed E-state index contributed by atoms with van der Waals surface area (Å²) in [6.45, 7) is 4.33. The summed E-state index contributed by atoms with van der Waals surface area (Å²) in [5.41, 5.74) is 2.21. The maximum Gasteiger partial charge on any atom is 0.251 e. The lowest BCUT2D eigenvalue weighted by Gasteiger charge is -2.22. The molecule has 9 heteroatoms. The summed E-state index contributed by atoms with van der Waals surface area (Å²) in [7, 11) is 0. The lowest BCUT2D eigenvalue weighted by Crippen LogP contribution is -2.49. The van der Waals surface area contributed by atoms with Crippen molar-refractivity contribution in [3.05, 3.63) is 72.1 Å². The molecule has 1 aliphatic heterocycles. The zero-order chi connectivity index (χ0) is 23.7. The van der Waals surface area contributed by atoms with Crippen molar-refractivity contribution < 1.29 is 19.1 Å². The number of carbonyl (C=O) groups excluding carboxylic acids is 2. The Kier molecular flexibility index (Phi) is 5.93. The van der Waals surface area contributed by atoms with Crippen LogP contribution in [-0.2, 0) is 11.3 Å². The van der Waals surface area contributed by atoms with Gasteiger partial charge < -0.3 is 24.7 Å². The molecule has 0 spiro atoms. The van der Waals surface area contributed by atoms with Crippen LogP contribution in [0.2, 0.25) is 0 Å². The fraction of sp³-hybridized carbons (Fsp3) is 0.240. The van der Waals surface area contributed by atoms with Crippen LogP contribution in [0.25, 0.3) is 15.3 Å². The molecule has 2 aromatic heterocycles. The Balaban J connectivity index is 1.26. The van der Waals surface area contributed by atoms with Gasteiger partial charge in [0, 0.05) is 24.5 Å². The third kappa shape index (κ3) is 4.47. The highest BCUT2D eigenvalue weighted by Gasteiger charge is 2.25. The van der Waals surface area contributed by atoms with Gasteiger partial charge in [-0.15, -0.1) is 0 Å². The monoisotopic (exact) mass is 476 g/mol. The van der Waals surface area contributed by atoms with Gasteiger partial charge in [0.1, 0.15) is 6.04 Å². The van der Waals surface area contributed by atoms with Gasteiger partial charge in [0.2, 0.25) is 12.7 Å². The van der Waals surface area contributed by atoms with Gasteiger partial charge in [-0.2, -0.15) is 0 Å². The van der Waals surface area contributed by atoms with Gasteiger partial charge in [0.15, 0.2) is 16.6 Å². The summed E-state index contributed by atoms with van der Waals surface area (Å²) in [6, 6.07) is 14.1. The van der Waals surface area contributed by atoms with E-state index >= 15 is 0 Å². The number of hydrogen-bond donors (Lipinski definition) is 2. The van der Waals surface area contributed by atoms with Crippen molar-refractivity contribution in [2.75, 3.05) is 6.79 Å². The number of nitrogens with one attached hydrogen (secondary N) is 2. The van der Waals surface area contributed by atoms with Crippen LogP contribution in [0.4, 0.5) is 0 Å². The average Bonchev–Trinajstić information content (AvgIpc) is 3.59. The molecule has 2 N–H and O–H groups in total. The number of fused-ring (bicyclic) bond motifs is 2. The van der Waals surface area contributed by atoms with E-state index in [1.807, 2.05) is 73.3 Å². The first-order valence-electron chi connectivity index (χ1n) is 11.0. The van der Waals surface area contributed by atoms with Gasteiger partial charge in [-0.25, -0.2) is 4.98 Å². The third-order valence-corrected chi connectivity index (χ3v) is 6.64. The van der Waals surface area contributed by atoms with Gasteiger partial charge in [-0.05, 0) is 53.9 Å². The molecule has 1 aliphatic rings.